The number of hydrogen-bond donors (Lipinski definition) is 1. The molecule has 0 unspecified atom stereocenters. The molecule has 0 spiro atoms. The molecule has 0 aromatic heterocycles. The molecule has 1 aromatic carbocycles. The van der Waals surface area contributed by atoms with Gasteiger partial charge in [0.25, 0.3) is 0 Å². The third kappa shape index (κ3) is 4.17. The van der Waals surface area contributed by atoms with E-state index in [0.717, 1.165) is 18.5 Å². The van der Waals surface area contributed by atoms with Crippen LogP contribution in [0.2, 0.25) is 0 Å². The first-order chi connectivity index (χ1) is 7.76. The van der Waals surface area contributed by atoms with Crippen LogP contribution < -0.4 is 5.32 Å². The van der Waals surface area contributed by atoms with E-state index in [1.54, 1.807) is 0 Å². The molecule has 0 saturated heterocycles. The van der Waals surface area contributed by atoms with Crippen molar-refractivity contribution < 1.29 is 9.53 Å². The summed E-state index contributed by atoms with van der Waals surface area (Å²) in [6.07, 6.45) is 3.10. The molecule has 1 N–H and O–H groups in total. The lowest BCUT2D eigenvalue weighted by Gasteiger charge is -2.06. The molecule has 0 radical (unpaired) electrons. The molecular formula is C13H17NO2. The summed E-state index contributed by atoms with van der Waals surface area (Å²) >= 11 is 0. The number of carbonyl (C=O) groups is 1. The molecule has 0 bridgehead atoms. The third-order valence-corrected chi connectivity index (χ3v) is 2.02. The first-order valence-electron chi connectivity index (χ1n) is 5.40. The van der Waals surface area contributed by atoms with Crippen molar-refractivity contribution in [2.45, 2.75) is 19.8 Å². The van der Waals surface area contributed by atoms with Crippen LogP contribution in [-0.4, -0.2) is 12.7 Å². The first-order valence-corrected chi connectivity index (χ1v) is 5.40. The highest BCUT2D eigenvalue weighted by Crippen LogP contribution is 2.10. The zero-order chi connectivity index (χ0) is 11.8. The molecule has 3 nitrogen and oxygen atoms in total. The van der Waals surface area contributed by atoms with Gasteiger partial charge in [-0.15, -0.1) is 6.58 Å². The second kappa shape index (κ2) is 6.67. The fourth-order valence-corrected chi connectivity index (χ4v) is 1.24. The highest BCUT2D eigenvalue weighted by Gasteiger charge is 2.01. The van der Waals surface area contributed by atoms with Crippen molar-refractivity contribution in [2.75, 3.05) is 11.9 Å². The van der Waals surface area contributed by atoms with Gasteiger partial charge in [-0.1, -0.05) is 25.1 Å². The molecule has 0 saturated carbocycles. The topological polar surface area (TPSA) is 38.3 Å². The smallest absolute Gasteiger partial charge is 0.411 e. The Hall–Kier alpha value is -1.77. The Morgan fingerprint density at radius 2 is 2.12 bits per heavy atom. The maximum atomic E-state index is 11.2. The van der Waals surface area contributed by atoms with Gasteiger partial charge in [0.05, 0.1) is 6.61 Å². The molecule has 0 aliphatic carbocycles. The molecule has 16 heavy (non-hydrogen) atoms. The highest BCUT2D eigenvalue weighted by molar-refractivity contribution is 5.84. The Balaban J connectivity index is 2.48. The monoisotopic (exact) mass is 219 g/mol. The molecule has 0 heterocycles. The number of rotatable bonds is 5. The second-order valence-electron chi connectivity index (χ2n) is 3.45. The zero-order valence-corrected chi connectivity index (χ0v) is 9.53. The van der Waals surface area contributed by atoms with Crippen molar-refractivity contribution in [3.8, 4) is 0 Å². The van der Waals surface area contributed by atoms with Gasteiger partial charge in [-0.05, 0) is 30.5 Å². The van der Waals surface area contributed by atoms with Gasteiger partial charge in [0, 0.05) is 5.69 Å². The standard InChI is InChI=1S/C13H17NO2/c1-3-5-11-6-8-12(9-7-11)14-13(15)16-10-4-2/h3,6-9H,1,4-5,10H2,2H3,(H,14,15). The first kappa shape index (κ1) is 12.3. The molecule has 0 aliphatic heterocycles. The van der Waals surface area contributed by atoms with Crippen LogP contribution in [0.25, 0.3) is 0 Å². The number of carbonyl (C=O) groups excluding carboxylic acids is 1. The van der Waals surface area contributed by atoms with E-state index in [0.29, 0.717) is 6.61 Å². The highest BCUT2D eigenvalue weighted by atomic mass is 16.5. The van der Waals surface area contributed by atoms with Gasteiger partial charge >= 0.3 is 6.09 Å². The van der Waals surface area contributed by atoms with Crippen LogP contribution in [0.4, 0.5) is 10.5 Å². The van der Waals surface area contributed by atoms with Crippen molar-refractivity contribution in [1.82, 2.24) is 0 Å². The molecule has 0 fully saturated rings. The van der Waals surface area contributed by atoms with Crippen LogP contribution in [-0.2, 0) is 11.2 Å². The van der Waals surface area contributed by atoms with Gasteiger partial charge < -0.3 is 4.74 Å². The van der Waals surface area contributed by atoms with E-state index in [1.807, 2.05) is 37.3 Å². The Bertz CT molecular complexity index is 343. The predicted octanol–water partition coefficient (Wildman–Crippen LogP) is 3.37. The molecule has 0 atom stereocenters. The van der Waals surface area contributed by atoms with Gasteiger partial charge in [0.15, 0.2) is 0 Å². The summed E-state index contributed by atoms with van der Waals surface area (Å²) in [4.78, 5) is 11.2. The van der Waals surface area contributed by atoms with Crippen molar-refractivity contribution >= 4 is 11.8 Å². The van der Waals surface area contributed by atoms with Gasteiger partial charge in [0.2, 0.25) is 0 Å². The molecule has 86 valence electrons. The van der Waals surface area contributed by atoms with Crippen LogP contribution in [0.15, 0.2) is 36.9 Å². The summed E-state index contributed by atoms with van der Waals surface area (Å²) in [7, 11) is 0. The number of nitrogens with one attached hydrogen (secondary N) is 1. The maximum absolute atomic E-state index is 11.2. The Morgan fingerprint density at radius 3 is 2.69 bits per heavy atom. The summed E-state index contributed by atoms with van der Waals surface area (Å²) in [5.41, 5.74) is 1.91. The average Bonchev–Trinajstić information content (AvgIpc) is 2.29. The summed E-state index contributed by atoms with van der Waals surface area (Å²) < 4.78 is 4.91. The van der Waals surface area contributed by atoms with Crippen LogP contribution in [0, 0.1) is 0 Å². The number of allylic oxidation sites excluding steroid dienone is 1. The average molecular weight is 219 g/mol. The summed E-state index contributed by atoms with van der Waals surface area (Å²) in [5, 5.41) is 2.66. The van der Waals surface area contributed by atoms with Gasteiger partial charge in [-0.25, -0.2) is 4.79 Å². The van der Waals surface area contributed by atoms with E-state index >= 15 is 0 Å². The van der Waals surface area contributed by atoms with Gasteiger partial charge in [0.1, 0.15) is 0 Å². The number of ether oxygens (including phenoxy) is 1. The van der Waals surface area contributed by atoms with Crippen LogP contribution in [0.1, 0.15) is 18.9 Å². The summed E-state index contributed by atoms with van der Waals surface area (Å²) in [6, 6.07) is 7.62. The number of benzene rings is 1. The minimum absolute atomic E-state index is 0.404. The van der Waals surface area contributed by atoms with E-state index in [2.05, 4.69) is 11.9 Å². The lowest BCUT2D eigenvalue weighted by Crippen LogP contribution is -2.13. The van der Waals surface area contributed by atoms with Crippen molar-refractivity contribution in [2.24, 2.45) is 0 Å². The Morgan fingerprint density at radius 1 is 1.44 bits per heavy atom. The lowest BCUT2D eigenvalue weighted by atomic mass is 10.1. The minimum atomic E-state index is -0.404. The van der Waals surface area contributed by atoms with Gasteiger partial charge in [-0.3, -0.25) is 5.32 Å². The number of anilines is 1. The van der Waals surface area contributed by atoms with E-state index in [9.17, 15) is 4.79 Å². The maximum Gasteiger partial charge on any atom is 0.411 e. The van der Waals surface area contributed by atoms with Crippen molar-refractivity contribution in [3.05, 3.63) is 42.5 Å². The molecule has 1 amide bonds. The largest absolute Gasteiger partial charge is 0.449 e. The minimum Gasteiger partial charge on any atom is -0.449 e. The van der Waals surface area contributed by atoms with Crippen molar-refractivity contribution in [3.63, 3.8) is 0 Å². The summed E-state index contributed by atoms with van der Waals surface area (Å²) in [5.74, 6) is 0. The van der Waals surface area contributed by atoms with Gasteiger partial charge in [-0.2, -0.15) is 0 Å². The Kier molecular flexibility index (Phi) is 5.12. The predicted molar refractivity (Wildman–Crippen MR) is 65.6 cm³/mol. The number of hydrogen-bond acceptors (Lipinski definition) is 2. The van der Waals surface area contributed by atoms with Crippen LogP contribution in [0.5, 0.6) is 0 Å². The number of amides is 1. The molecule has 3 heteroatoms. The normalized spacial score (nSPS) is 9.56. The fraction of sp³-hybridized carbons (Fsp3) is 0.308. The Labute approximate surface area is 96.1 Å². The van der Waals surface area contributed by atoms with Crippen molar-refractivity contribution in [1.29, 1.82) is 0 Å². The third-order valence-electron chi connectivity index (χ3n) is 2.02. The van der Waals surface area contributed by atoms with E-state index in [1.165, 1.54) is 5.56 Å². The van der Waals surface area contributed by atoms with Crippen LogP contribution >= 0.6 is 0 Å². The van der Waals surface area contributed by atoms with E-state index in [4.69, 9.17) is 4.74 Å². The molecule has 1 aromatic rings. The second-order valence-corrected chi connectivity index (χ2v) is 3.45. The summed E-state index contributed by atoms with van der Waals surface area (Å²) in [6.45, 7) is 6.07. The molecule has 1 rings (SSSR count). The SMILES string of the molecule is C=CCc1ccc(NC(=O)OCCC)cc1. The van der Waals surface area contributed by atoms with Crippen LogP contribution in [0.3, 0.4) is 0 Å². The van der Waals surface area contributed by atoms with E-state index < -0.39 is 6.09 Å². The quantitative estimate of drug-likeness (QED) is 0.771. The fourth-order valence-electron chi connectivity index (χ4n) is 1.24. The zero-order valence-electron chi connectivity index (χ0n) is 9.53. The van der Waals surface area contributed by atoms with E-state index in [-0.39, 0.29) is 0 Å². The molecule has 0 aliphatic rings. The lowest BCUT2D eigenvalue weighted by molar-refractivity contribution is 0.161. The molecular weight excluding hydrogens is 202 g/mol.